The Kier molecular flexibility index (Phi) is 4.71. The lowest BCUT2D eigenvalue weighted by Gasteiger charge is -2.18. The fraction of sp³-hybridized carbons (Fsp3) is 0.130. The van der Waals surface area contributed by atoms with Crippen molar-refractivity contribution in [3.05, 3.63) is 95.1 Å². The van der Waals surface area contributed by atoms with E-state index < -0.39 is 12.1 Å². The second kappa shape index (κ2) is 7.46. The minimum atomic E-state index is -1.07. The molecule has 0 fully saturated rings. The first kappa shape index (κ1) is 17.0. The van der Waals surface area contributed by atoms with Crippen LogP contribution in [0.5, 0.6) is 0 Å². The molecule has 27 heavy (non-hydrogen) atoms. The van der Waals surface area contributed by atoms with Gasteiger partial charge in [-0.2, -0.15) is 0 Å². The van der Waals surface area contributed by atoms with Gasteiger partial charge in [-0.1, -0.05) is 72.8 Å². The first-order valence-electron chi connectivity index (χ1n) is 8.77. The molecule has 1 unspecified atom stereocenters. The third-order valence-electron chi connectivity index (χ3n) is 4.80. The van der Waals surface area contributed by atoms with E-state index in [1.807, 2.05) is 60.7 Å². The molecule has 1 aliphatic rings. The molecule has 4 nitrogen and oxygen atoms in total. The lowest BCUT2D eigenvalue weighted by atomic mass is 9.97. The van der Waals surface area contributed by atoms with Crippen LogP contribution in [0.1, 0.15) is 28.4 Å². The maximum atomic E-state index is 12.7. The smallest absolute Gasteiger partial charge is 0.352 e. The Hall–Kier alpha value is -3.40. The van der Waals surface area contributed by atoms with Gasteiger partial charge >= 0.3 is 5.97 Å². The molecule has 0 aliphatic heterocycles. The van der Waals surface area contributed by atoms with E-state index in [1.165, 1.54) is 5.56 Å². The van der Waals surface area contributed by atoms with Crippen LogP contribution in [0, 0.1) is 0 Å². The van der Waals surface area contributed by atoms with E-state index in [1.54, 1.807) is 0 Å². The molecule has 1 atom stereocenters. The summed E-state index contributed by atoms with van der Waals surface area (Å²) >= 11 is 0. The quantitative estimate of drug-likeness (QED) is 0.383. The van der Waals surface area contributed by atoms with Gasteiger partial charge in [0.2, 0.25) is 6.10 Å². The Morgan fingerprint density at radius 1 is 0.926 bits per heavy atom. The summed E-state index contributed by atoms with van der Waals surface area (Å²) in [4.78, 5) is 23.7. The number of hydrogen-bond donors (Lipinski definition) is 0. The predicted molar refractivity (Wildman–Crippen MR) is 101 cm³/mol. The standard InChI is InChI=1S/C23H18O4/c24-15-27-22(23(25)26-14-16-7-2-1-3-8-16)20-12-6-11-19-18-10-5-4-9-17(18)13-21(19)20/h1-12,15,22H,13-14H2. The number of rotatable bonds is 6. The first-order valence-corrected chi connectivity index (χ1v) is 8.77. The fourth-order valence-electron chi connectivity index (χ4n) is 3.54. The molecule has 3 aromatic carbocycles. The van der Waals surface area contributed by atoms with Gasteiger partial charge in [0.1, 0.15) is 6.61 Å². The van der Waals surface area contributed by atoms with Crippen LogP contribution in [-0.2, 0) is 32.1 Å². The summed E-state index contributed by atoms with van der Waals surface area (Å²) in [5, 5.41) is 0. The zero-order valence-electron chi connectivity index (χ0n) is 14.6. The first-order chi connectivity index (χ1) is 13.3. The van der Waals surface area contributed by atoms with Gasteiger partial charge in [-0.05, 0) is 34.2 Å². The number of hydrogen-bond acceptors (Lipinski definition) is 4. The van der Waals surface area contributed by atoms with Crippen molar-refractivity contribution in [3.8, 4) is 11.1 Å². The minimum Gasteiger partial charge on any atom is -0.458 e. The summed E-state index contributed by atoms with van der Waals surface area (Å²) in [5.41, 5.74) is 5.97. The molecular weight excluding hydrogens is 340 g/mol. The van der Waals surface area contributed by atoms with E-state index in [0.29, 0.717) is 18.5 Å². The molecule has 3 aromatic rings. The highest BCUT2D eigenvalue weighted by atomic mass is 16.6. The Morgan fingerprint density at radius 2 is 1.67 bits per heavy atom. The molecule has 134 valence electrons. The van der Waals surface area contributed by atoms with Gasteiger partial charge in [-0.25, -0.2) is 4.79 Å². The molecule has 4 rings (SSSR count). The van der Waals surface area contributed by atoms with Crippen LogP contribution in [0.25, 0.3) is 11.1 Å². The Balaban J connectivity index is 1.62. The summed E-state index contributed by atoms with van der Waals surface area (Å²) in [6, 6.07) is 23.3. The van der Waals surface area contributed by atoms with Crippen LogP contribution < -0.4 is 0 Å². The molecule has 0 saturated carbocycles. The van der Waals surface area contributed by atoms with Crippen molar-refractivity contribution in [1.29, 1.82) is 0 Å². The van der Waals surface area contributed by atoms with Crippen LogP contribution in [0.2, 0.25) is 0 Å². The Morgan fingerprint density at radius 3 is 2.48 bits per heavy atom. The van der Waals surface area contributed by atoms with Crippen LogP contribution in [0.4, 0.5) is 0 Å². The number of esters is 1. The summed E-state index contributed by atoms with van der Waals surface area (Å²) < 4.78 is 10.6. The van der Waals surface area contributed by atoms with Crippen molar-refractivity contribution in [3.63, 3.8) is 0 Å². The largest absolute Gasteiger partial charge is 0.458 e. The van der Waals surface area contributed by atoms with Crippen molar-refractivity contribution in [1.82, 2.24) is 0 Å². The van der Waals surface area contributed by atoms with E-state index in [0.717, 1.165) is 22.3 Å². The monoisotopic (exact) mass is 358 g/mol. The SMILES string of the molecule is O=COC(C(=O)OCc1ccccc1)c1cccc2c1Cc1ccccc1-2. The average molecular weight is 358 g/mol. The second-order valence-electron chi connectivity index (χ2n) is 6.41. The van der Waals surface area contributed by atoms with Crippen molar-refractivity contribution in [2.75, 3.05) is 0 Å². The lowest BCUT2D eigenvalue weighted by Crippen LogP contribution is -2.20. The van der Waals surface area contributed by atoms with E-state index in [4.69, 9.17) is 9.47 Å². The summed E-state index contributed by atoms with van der Waals surface area (Å²) in [5.74, 6) is -0.574. The number of carbonyl (C=O) groups is 2. The van der Waals surface area contributed by atoms with Gasteiger partial charge < -0.3 is 9.47 Å². The molecule has 1 aliphatic carbocycles. The predicted octanol–water partition coefficient (Wildman–Crippen LogP) is 4.22. The van der Waals surface area contributed by atoms with Gasteiger partial charge in [0.25, 0.3) is 6.47 Å². The maximum absolute atomic E-state index is 12.7. The average Bonchev–Trinajstić information content (AvgIpc) is 3.10. The molecule has 0 spiro atoms. The number of fused-ring (bicyclic) bond motifs is 3. The molecule has 0 saturated heterocycles. The van der Waals surface area contributed by atoms with Crippen molar-refractivity contribution >= 4 is 12.4 Å². The van der Waals surface area contributed by atoms with E-state index in [-0.39, 0.29) is 6.61 Å². The lowest BCUT2D eigenvalue weighted by molar-refractivity contribution is -0.163. The molecule has 0 amide bonds. The van der Waals surface area contributed by atoms with Gasteiger partial charge in [-0.15, -0.1) is 0 Å². The van der Waals surface area contributed by atoms with Crippen LogP contribution in [-0.4, -0.2) is 12.4 Å². The highest BCUT2D eigenvalue weighted by Crippen LogP contribution is 2.40. The topological polar surface area (TPSA) is 52.6 Å². The van der Waals surface area contributed by atoms with Crippen LogP contribution in [0.3, 0.4) is 0 Å². The number of ether oxygens (including phenoxy) is 2. The van der Waals surface area contributed by atoms with Crippen molar-refractivity contribution < 1.29 is 19.1 Å². The molecule has 0 aromatic heterocycles. The van der Waals surface area contributed by atoms with Gasteiger partial charge in [0, 0.05) is 5.56 Å². The maximum Gasteiger partial charge on any atom is 0.352 e. The van der Waals surface area contributed by atoms with Crippen LogP contribution >= 0.6 is 0 Å². The molecule has 0 N–H and O–H groups in total. The molecule has 4 heteroatoms. The fourth-order valence-corrected chi connectivity index (χ4v) is 3.54. The van der Waals surface area contributed by atoms with Crippen LogP contribution in [0.15, 0.2) is 72.8 Å². The summed E-state index contributed by atoms with van der Waals surface area (Å²) in [6.45, 7) is 0.434. The van der Waals surface area contributed by atoms with Crippen molar-refractivity contribution in [2.24, 2.45) is 0 Å². The Bertz CT molecular complexity index is 979. The highest BCUT2D eigenvalue weighted by Gasteiger charge is 2.30. The number of carbonyl (C=O) groups excluding carboxylic acids is 2. The zero-order valence-corrected chi connectivity index (χ0v) is 14.6. The van der Waals surface area contributed by atoms with E-state index in [9.17, 15) is 9.59 Å². The summed E-state index contributed by atoms with van der Waals surface area (Å²) in [6.07, 6.45) is -0.373. The normalized spacial score (nSPS) is 12.6. The third kappa shape index (κ3) is 3.34. The van der Waals surface area contributed by atoms with E-state index >= 15 is 0 Å². The molecule has 0 bridgehead atoms. The summed E-state index contributed by atoms with van der Waals surface area (Å²) in [7, 11) is 0. The Labute approximate surface area is 157 Å². The molecule has 0 radical (unpaired) electrons. The minimum absolute atomic E-state index is 0.133. The molecule has 0 heterocycles. The van der Waals surface area contributed by atoms with Crippen molar-refractivity contribution in [2.45, 2.75) is 19.1 Å². The highest BCUT2D eigenvalue weighted by molar-refractivity contribution is 5.83. The van der Waals surface area contributed by atoms with Gasteiger partial charge in [0.15, 0.2) is 0 Å². The number of benzene rings is 3. The van der Waals surface area contributed by atoms with Gasteiger partial charge in [-0.3, -0.25) is 4.79 Å². The van der Waals surface area contributed by atoms with Gasteiger partial charge in [0.05, 0.1) is 0 Å². The van der Waals surface area contributed by atoms with E-state index in [2.05, 4.69) is 12.1 Å². The zero-order chi connectivity index (χ0) is 18.6. The third-order valence-corrected chi connectivity index (χ3v) is 4.80. The second-order valence-corrected chi connectivity index (χ2v) is 6.41. The molecular formula is C23H18O4.